The van der Waals surface area contributed by atoms with Crippen LogP contribution in [0.5, 0.6) is 0 Å². The number of rotatable bonds is 2. The Labute approximate surface area is 66.1 Å². The molecule has 0 saturated heterocycles. The number of alkyl halides is 3. The highest BCUT2D eigenvalue weighted by Crippen LogP contribution is 2.37. The molecule has 0 amide bonds. The monoisotopic (exact) mass is 246 g/mol. The van der Waals surface area contributed by atoms with E-state index in [1.54, 1.807) is 0 Å². The number of hydrogen-bond acceptors (Lipinski definition) is 0. The molecular formula is C5H9Br2F. The quantitative estimate of drug-likeness (QED) is 0.656. The molecule has 0 aromatic heterocycles. The first-order valence-electron chi connectivity index (χ1n) is 2.55. The molecule has 0 fully saturated rings. The minimum absolute atomic E-state index is 0.0162. The number of hydrogen-bond donors (Lipinski definition) is 0. The average Bonchev–Trinajstić information content (AvgIpc) is 1.62. The Morgan fingerprint density at radius 3 is 2.00 bits per heavy atom. The van der Waals surface area contributed by atoms with Crippen molar-refractivity contribution in [2.45, 2.75) is 23.8 Å². The standard InChI is InChI=1S/C5H9Br2F/c1-3-4(2)5(6,7)8/h4H,3H2,1-2H3. The maximum Gasteiger partial charge on any atom is 0.221 e. The van der Waals surface area contributed by atoms with Crippen LogP contribution < -0.4 is 0 Å². The predicted molar refractivity (Wildman–Crippen MR) is 41.1 cm³/mol. The molecule has 0 heterocycles. The first kappa shape index (κ1) is 8.89. The fourth-order valence-electron chi connectivity index (χ4n) is 0.231. The van der Waals surface area contributed by atoms with Gasteiger partial charge in [0.15, 0.2) is 0 Å². The van der Waals surface area contributed by atoms with Crippen molar-refractivity contribution in [3.05, 3.63) is 0 Å². The molecule has 0 aliphatic carbocycles. The van der Waals surface area contributed by atoms with Crippen LogP contribution in [0.25, 0.3) is 0 Å². The lowest BCUT2D eigenvalue weighted by Crippen LogP contribution is -2.13. The molecule has 0 aromatic rings. The summed E-state index contributed by atoms with van der Waals surface area (Å²) in [5.74, 6) is 0.0162. The van der Waals surface area contributed by atoms with E-state index in [-0.39, 0.29) is 5.92 Å². The van der Waals surface area contributed by atoms with Gasteiger partial charge in [-0.1, -0.05) is 13.8 Å². The van der Waals surface area contributed by atoms with E-state index in [2.05, 4.69) is 31.9 Å². The Bertz CT molecular complexity index is 67.3. The van der Waals surface area contributed by atoms with Gasteiger partial charge in [-0.05, 0) is 38.3 Å². The van der Waals surface area contributed by atoms with Crippen molar-refractivity contribution in [2.75, 3.05) is 0 Å². The summed E-state index contributed by atoms with van der Waals surface area (Å²) in [5.41, 5.74) is 0. The van der Waals surface area contributed by atoms with Crippen molar-refractivity contribution < 1.29 is 4.39 Å². The summed E-state index contributed by atoms with van der Waals surface area (Å²) in [7, 11) is 0. The fraction of sp³-hybridized carbons (Fsp3) is 1.00. The van der Waals surface area contributed by atoms with E-state index in [0.29, 0.717) is 0 Å². The molecule has 8 heavy (non-hydrogen) atoms. The molecule has 0 saturated carbocycles. The second-order valence-corrected chi connectivity index (χ2v) is 5.22. The lowest BCUT2D eigenvalue weighted by atomic mass is 10.1. The summed E-state index contributed by atoms with van der Waals surface area (Å²) < 4.78 is 11.2. The molecule has 0 aliphatic heterocycles. The second-order valence-electron chi connectivity index (χ2n) is 1.85. The minimum Gasteiger partial charge on any atom is -0.218 e. The van der Waals surface area contributed by atoms with E-state index in [1.165, 1.54) is 0 Å². The molecule has 3 heteroatoms. The van der Waals surface area contributed by atoms with Gasteiger partial charge in [0.25, 0.3) is 0 Å². The minimum atomic E-state index is -1.37. The summed E-state index contributed by atoms with van der Waals surface area (Å²) in [6, 6.07) is 0. The first-order chi connectivity index (χ1) is 3.48. The highest BCUT2D eigenvalue weighted by molar-refractivity contribution is 9.25. The summed E-state index contributed by atoms with van der Waals surface area (Å²) in [6.07, 6.45) is 0.826. The third-order valence-corrected chi connectivity index (χ3v) is 2.73. The predicted octanol–water partition coefficient (Wildman–Crippen LogP) is 3.45. The van der Waals surface area contributed by atoms with Gasteiger partial charge in [0.1, 0.15) is 0 Å². The summed E-state index contributed by atoms with van der Waals surface area (Å²) >= 11 is 5.71. The van der Waals surface area contributed by atoms with Crippen LogP contribution in [0.15, 0.2) is 0 Å². The van der Waals surface area contributed by atoms with Crippen molar-refractivity contribution in [1.29, 1.82) is 0 Å². The first-order valence-corrected chi connectivity index (χ1v) is 4.13. The maximum absolute atomic E-state index is 12.6. The van der Waals surface area contributed by atoms with Gasteiger partial charge >= 0.3 is 0 Å². The molecular weight excluding hydrogens is 239 g/mol. The van der Waals surface area contributed by atoms with Crippen LogP contribution in [0.2, 0.25) is 0 Å². The van der Waals surface area contributed by atoms with Crippen LogP contribution in [0.4, 0.5) is 4.39 Å². The molecule has 0 aromatic carbocycles. The zero-order chi connectivity index (χ0) is 6.78. The van der Waals surface area contributed by atoms with Crippen LogP contribution >= 0.6 is 31.9 Å². The van der Waals surface area contributed by atoms with E-state index in [4.69, 9.17) is 0 Å². The van der Waals surface area contributed by atoms with E-state index in [9.17, 15) is 4.39 Å². The van der Waals surface area contributed by atoms with Gasteiger partial charge < -0.3 is 0 Å². The lowest BCUT2D eigenvalue weighted by molar-refractivity contribution is 0.316. The normalized spacial score (nSPS) is 16.1. The van der Waals surface area contributed by atoms with Crippen molar-refractivity contribution in [1.82, 2.24) is 0 Å². The van der Waals surface area contributed by atoms with E-state index in [1.807, 2.05) is 13.8 Å². The molecule has 0 N–H and O–H groups in total. The van der Waals surface area contributed by atoms with Gasteiger partial charge in [-0.2, -0.15) is 0 Å². The Balaban J connectivity index is 3.62. The molecule has 0 aliphatic rings. The van der Waals surface area contributed by atoms with Gasteiger partial charge in [0, 0.05) is 5.92 Å². The van der Waals surface area contributed by atoms with Crippen LogP contribution in [0.3, 0.4) is 0 Å². The van der Waals surface area contributed by atoms with Gasteiger partial charge in [0.2, 0.25) is 3.49 Å². The SMILES string of the molecule is CCC(C)C(F)(Br)Br. The third-order valence-electron chi connectivity index (χ3n) is 1.17. The zero-order valence-electron chi connectivity index (χ0n) is 4.92. The van der Waals surface area contributed by atoms with Crippen molar-refractivity contribution in [3.63, 3.8) is 0 Å². The maximum atomic E-state index is 12.6. The summed E-state index contributed by atoms with van der Waals surface area (Å²) in [4.78, 5) is 0. The largest absolute Gasteiger partial charge is 0.221 e. The highest BCUT2D eigenvalue weighted by atomic mass is 79.9. The zero-order valence-corrected chi connectivity index (χ0v) is 8.09. The van der Waals surface area contributed by atoms with Gasteiger partial charge in [0.05, 0.1) is 0 Å². The van der Waals surface area contributed by atoms with Gasteiger partial charge in [-0.3, -0.25) is 0 Å². The van der Waals surface area contributed by atoms with Crippen molar-refractivity contribution in [3.8, 4) is 0 Å². The smallest absolute Gasteiger partial charge is 0.218 e. The Morgan fingerprint density at radius 2 is 2.00 bits per heavy atom. The van der Waals surface area contributed by atoms with Crippen LogP contribution in [0, 0.1) is 5.92 Å². The van der Waals surface area contributed by atoms with E-state index in [0.717, 1.165) is 6.42 Å². The highest BCUT2D eigenvalue weighted by Gasteiger charge is 2.27. The third kappa shape index (κ3) is 3.02. The van der Waals surface area contributed by atoms with Gasteiger partial charge in [-0.15, -0.1) is 0 Å². The number of halogens is 3. The topological polar surface area (TPSA) is 0 Å². The molecule has 50 valence electrons. The average molecular weight is 248 g/mol. The molecule has 0 nitrogen and oxygen atoms in total. The Hall–Kier alpha value is 0.890. The Kier molecular flexibility index (Phi) is 3.51. The van der Waals surface area contributed by atoms with Crippen molar-refractivity contribution >= 4 is 31.9 Å². The van der Waals surface area contributed by atoms with E-state index < -0.39 is 3.49 Å². The van der Waals surface area contributed by atoms with Crippen LogP contribution in [-0.2, 0) is 0 Å². The summed E-state index contributed by atoms with van der Waals surface area (Å²) in [6.45, 7) is 3.78. The van der Waals surface area contributed by atoms with Crippen molar-refractivity contribution in [2.24, 2.45) is 5.92 Å². The second kappa shape index (κ2) is 3.16. The molecule has 0 rings (SSSR count). The molecule has 1 unspecified atom stereocenters. The van der Waals surface area contributed by atoms with Gasteiger partial charge in [-0.25, -0.2) is 4.39 Å². The fourth-order valence-corrected chi connectivity index (χ4v) is 0.879. The molecule has 0 radical (unpaired) electrons. The van der Waals surface area contributed by atoms with Crippen LogP contribution in [0.1, 0.15) is 20.3 Å². The summed E-state index contributed by atoms with van der Waals surface area (Å²) in [5, 5.41) is 0. The molecule has 1 atom stereocenters. The lowest BCUT2D eigenvalue weighted by Gasteiger charge is -2.16. The Morgan fingerprint density at radius 1 is 1.62 bits per heavy atom. The van der Waals surface area contributed by atoms with E-state index >= 15 is 0 Å². The van der Waals surface area contributed by atoms with Crippen LogP contribution in [-0.4, -0.2) is 3.49 Å². The molecule has 0 bridgehead atoms. The molecule has 0 spiro atoms.